The van der Waals surface area contributed by atoms with Crippen LogP contribution in [-0.2, 0) is 20.9 Å². The molecule has 2 saturated heterocycles. The van der Waals surface area contributed by atoms with Crippen LogP contribution in [-0.4, -0.2) is 76.7 Å². The van der Waals surface area contributed by atoms with E-state index in [0.717, 1.165) is 24.9 Å². The molecule has 0 saturated carbocycles. The molecule has 2 aliphatic heterocycles. The molecule has 0 aromatic heterocycles. The van der Waals surface area contributed by atoms with E-state index in [1.54, 1.807) is 9.80 Å². The van der Waals surface area contributed by atoms with E-state index in [-0.39, 0.29) is 30.3 Å². The largest absolute Gasteiger partial charge is 0.351 e. The van der Waals surface area contributed by atoms with Crippen molar-refractivity contribution < 1.29 is 14.4 Å². The Morgan fingerprint density at radius 3 is 2.47 bits per heavy atom. The molecule has 1 aromatic carbocycles. The Morgan fingerprint density at radius 2 is 1.87 bits per heavy atom. The van der Waals surface area contributed by atoms with Gasteiger partial charge in [-0.3, -0.25) is 19.3 Å². The van der Waals surface area contributed by atoms with Crippen molar-refractivity contribution in [1.29, 1.82) is 0 Å². The van der Waals surface area contributed by atoms with Crippen LogP contribution in [0.3, 0.4) is 0 Å². The summed E-state index contributed by atoms with van der Waals surface area (Å²) < 4.78 is 0. The zero-order valence-electron chi connectivity index (χ0n) is 18.4. The van der Waals surface area contributed by atoms with Gasteiger partial charge >= 0.3 is 0 Å². The maximum absolute atomic E-state index is 13.1. The number of benzene rings is 1. The Bertz CT molecular complexity index is 765. The molecule has 1 aromatic rings. The Hall–Kier alpha value is -2.41. The summed E-state index contributed by atoms with van der Waals surface area (Å²) in [6, 6.07) is 9.50. The normalized spacial score (nSPS) is 22.1. The topological polar surface area (TPSA) is 73.0 Å². The van der Waals surface area contributed by atoms with Crippen LogP contribution in [0.1, 0.15) is 45.6 Å². The molecule has 30 heavy (non-hydrogen) atoms. The van der Waals surface area contributed by atoms with Crippen molar-refractivity contribution in [3.05, 3.63) is 35.9 Å². The first-order valence-corrected chi connectivity index (χ1v) is 11.1. The molecule has 2 atom stereocenters. The summed E-state index contributed by atoms with van der Waals surface area (Å²) in [7, 11) is 0. The first kappa shape index (κ1) is 22.3. The van der Waals surface area contributed by atoms with Crippen molar-refractivity contribution in [2.24, 2.45) is 0 Å². The molecule has 2 heterocycles. The van der Waals surface area contributed by atoms with Gasteiger partial charge in [0.25, 0.3) is 0 Å². The molecule has 164 valence electrons. The molecule has 0 bridgehead atoms. The zero-order valence-corrected chi connectivity index (χ0v) is 18.4. The Morgan fingerprint density at radius 1 is 1.17 bits per heavy atom. The van der Waals surface area contributed by atoms with E-state index in [9.17, 15) is 14.4 Å². The van der Waals surface area contributed by atoms with Gasteiger partial charge in [-0.05, 0) is 38.7 Å². The van der Waals surface area contributed by atoms with Crippen molar-refractivity contribution in [2.75, 3.05) is 32.7 Å². The molecule has 2 fully saturated rings. The summed E-state index contributed by atoms with van der Waals surface area (Å²) in [5.74, 6) is -0.0525. The van der Waals surface area contributed by atoms with Crippen LogP contribution in [0.5, 0.6) is 0 Å². The number of nitrogens with one attached hydrogen (secondary N) is 1. The summed E-state index contributed by atoms with van der Waals surface area (Å²) in [6.07, 6.45) is 2.30. The predicted molar refractivity (Wildman–Crippen MR) is 116 cm³/mol. The number of carbonyl (C=O) groups excluding carboxylic acids is 3. The SMILES string of the molecule is CCC(C(=O)NCc1ccccc1)N1CCCC12CN(CC(=O)N(CC)CC)C2=O. The minimum Gasteiger partial charge on any atom is -0.351 e. The van der Waals surface area contributed by atoms with Crippen LogP contribution < -0.4 is 5.32 Å². The standard InChI is InChI=1S/C23H34N4O3/c1-4-19(21(29)24-15-18-11-8-7-9-12-18)27-14-10-13-23(27)17-26(22(23)30)16-20(28)25(5-2)6-3/h7-9,11-12,19H,4-6,10,13-17H2,1-3H3,(H,24,29). The molecule has 1 spiro atoms. The van der Waals surface area contributed by atoms with Gasteiger partial charge in [0.05, 0.1) is 12.6 Å². The fourth-order valence-electron chi connectivity index (χ4n) is 4.83. The van der Waals surface area contributed by atoms with E-state index < -0.39 is 5.54 Å². The first-order chi connectivity index (χ1) is 14.5. The third kappa shape index (κ3) is 4.21. The van der Waals surface area contributed by atoms with Gasteiger partial charge in [-0.25, -0.2) is 0 Å². The summed E-state index contributed by atoms with van der Waals surface area (Å²) >= 11 is 0. The Kier molecular flexibility index (Phi) is 7.13. The first-order valence-electron chi connectivity index (χ1n) is 11.1. The molecular weight excluding hydrogens is 380 g/mol. The van der Waals surface area contributed by atoms with Crippen LogP contribution in [0.25, 0.3) is 0 Å². The number of β-lactam (4-membered cyclic amide) rings is 1. The van der Waals surface area contributed by atoms with E-state index in [1.807, 2.05) is 51.1 Å². The highest BCUT2D eigenvalue weighted by molar-refractivity contribution is 5.97. The van der Waals surface area contributed by atoms with Crippen molar-refractivity contribution in [2.45, 2.75) is 58.2 Å². The minimum atomic E-state index is -0.617. The van der Waals surface area contributed by atoms with Gasteiger partial charge < -0.3 is 15.1 Å². The highest BCUT2D eigenvalue weighted by Crippen LogP contribution is 2.40. The molecule has 1 N–H and O–H groups in total. The van der Waals surface area contributed by atoms with E-state index in [4.69, 9.17) is 0 Å². The molecule has 2 aliphatic rings. The lowest BCUT2D eigenvalue weighted by Crippen LogP contribution is -2.75. The third-order valence-corrected chi connectivity index (χ3v) is 6.49. The molecule has 3 rings (SSSR count). The van der Waals surface area contributed by atoms with E-state index in [0.29, 0.717) is 32.6 Å². The molecule has 0 aliphatic carbocycles. The molecule has 2 unspecified atom stereocenters. The van der Waals surface area contributed by atoms with Gasteiger partial charge in [-0.2, -0.15) is 0 Å². The summed E-state index contributed by atoms with van der Waals surface area (Å²) in [6.45, 7) is 9.05. The minimum absolute atomic E-state index is 0.00480. The molecule has 7 nitrogen and oxygen atoms in total. The van der Waals surface area contributed by atoms with Gasteiger partial charge in [-0.1, -0.05) is 37.3 Å². The number of hydrogen-bond donors (Lipinski definition) is 1. The average molecular weight is 415 g/mol. The van der Waals surface area contributed by atoms with E-state index >= 15 is 0 Å². The number of hydrogen-bond acceptors (Lipinski definition) is 4. The second-order valence-corrected chi connectivity index (χ2v) is 8.18. The third-order valence-electron chi connectivity index (χ3n) is 6.49. The second-order valence-electron chi connectivity index (χ2n) is 8.18. The molecular formula is C23H34N4O3. The van der Waals surface area contributed by atoms with Crippen molar-refractivity contribution in [1.82, 2.24) is 20.0 Å². The summed E-state index contributed by atoms with van der Waals surface area (Å²) in [5, 5.41) is 3.03. The van der Waals surface area contributed by atoms with Crippen LogP contribution in [0.4, 0.5) is 0 Å². The monoisotopic (exact) mass is 414 g/mol. The molecule has 3 amide bonds. The van der Waals surface area contributed by atoms with Crippen molar-refractivity contribution in [3.8, 4) is 0 Å². The summed E-state index contributed by atoms with van der Waals surface area (Å²) in [5.41, 5.74) is 0.437. The van der Waals surface area contributed by atoms with Crippen molar-refractivity contribution >= 4 is 17.7 Å². The number of likely N-dealkylation sites (tertiary alicyclic amines) is 2. The molecule has 0 radical (unpaired) electrons. The number of carbonyl (C=O) groups is 3. The van der Waals surface area contributed by atoms with Gasteiger partial charge in [0, 0.05) is 32.7 Å². The van der Waals surface area contributed by atoms with Crippen LogP contribution >= 0.6 is 0 Å². The smallest absolute Gasteiger partial charge is 0.245 e. The maximum atomic E-state index is 13.1. The lowest BCUT2D eigenvalue weighted by molar-refractivity contribution is -0.168. The highest BCUT2D eigenvalue weighted by Gasteiger charge is 2.60. The molecule has 7 heteroatoms. The number of amides is 3. The Labute approximate surface area is 179 Å². The lowest BCUT2D eigenvalue weighted by atomic mass is 9.84. The maximum Gasteiger partial charge on any atom is 0.245 e. The van der Waals surface area contributed by atoms with Gasteiger partial charge in [0.1, 0.15) is 5.54 Å². The van der Waals surface area contributed by atoms with Gasteiger partial charge in [0.2, 0.25) is 17.7 Å². The number of nitrogens with zero attached hydrogens (tertiary/aromatic N) is 3. The fourth-order valence-corrected chi connectivity index (χ4v) is 4.83. The number of rotatable bonds is 9. The highest BCUT2D eigenvalue weighted by atomic mass is 16.2. The lowest BCUT2D eigenvalue weighted by Gasteiger charge is -2.53. The van der Waals surface area contributed by atoms with E-state index in [1.165, 1.54) is 0 Å². The average Bonchev–Trinajstić information content (AvgIpc) is 3.20. The van der Waals surface area contributed by atoms with Gasteiger partial charge in [0.15, 0.2) is 0 Å². The van der Waals surface area contributed by atoms with Crippen molar-refractivity contribution in [3.63, 3.8) is 0 Å². The quantitative estimate of drug-likeness (QED) is 0.624. The predicted octanol–water partition coefficient (Wildman–Crippen LogP) is 1.63. The summed E-state index contributed by atoms with van der Waals surface area (Å²) in [4.78, 5) is 44.0. The van der Waals surface area contributed by atoms with Crippen LogP contribution in [0.2, 0.25) is 0 Å². The second kappa shape index (κ2) is 9.60. The van der Waals surface area contributed by atoms with Gasteiger partial charge in [-0.15, -0.1) is 0 Å². The van der Waals surface area contributed by atoms with Crippen LogP contribution in [0, 0.1) is 0 Å². The van der Waals surface area contributed by atoms with E-state index in [2.05, 4.69) is 10.2 Å². The van der Waals surface area contributed by atoms with Crippen LogP contribution in [0.15, 0.2) is 30.3 Å². The number of likely N-dealkylation sites (N-methyl/N-ethyl adjacent to an activating group) is 1. The fraction of sp³-hybridized carbons (Fsp3) is 0.609. The Balaban J connectivity index is 1.63. The zero-order chi connectivity index (χ0) is 21.7.